The molecule has 1 heterocycles. The molecule has 0 aliphatic rings. The van der Waals surface area contributed by atoms with E-state index in [-0.39, 0.29) is 17.5 Å². The molecule has 0 bridgehead atoms. The van der Waals surface area contributed by atoms with Crippen LogP contribution in [0.2, 0.25) is 0 Å². The van der Waals surface area contributed by atoms with Gasteiger partial charge in [-0.1, -0.05) is 12.2 Å². The second-order valence-corrected chi connectivity index (χ2v) is 3.80. The average Bonchev–Trinajstić information content (AvgIpc) is 2.35. The molecule has 17 heavy (non-hydrogen) atoms. The van der Waals surface area contributed by atoms with E-state index < -0.39 is 0 Å². The van der Waals surface area contributed by atoms with Gasteiger partial charge in [-0.3, -0.25) is 9.78 Å². The molecule has 0 saturated heterocycles. The number of esters is 1. The largest absolute Gasteiger partial charge is 0.468 e. The zero-order valence-corrected chi connectivity index (χ0v) is 10.7. The van der Waals surface area contributed by atoms with E-state index in [9.17, 15) is 4.79 Å². The van der Waals surface area contributed by atoms with Crippen molar-refractivity contribution >= 4 is 28.9 Å². The van der Waals surface area contributed by atoms with Gasteiger partial charge in [-0.2, -0.15) is 0 Å². The number of aromatic nitrogens is 1. The van der Waals surface area contributed by atoms with E-state index in [0.29, 0.717) is 12.2 Å². The summed E-state index contributed by atoms with van der Waals surface area (Å²) in [6, 6.07) is 3.56. The molecule has 0 spiro atoms. The third kappa shape index (κ3) is 3.67. The number of nitrogens with zero attached hydrogens (tertiary/aromatic N) is 2. The van der Waals surface area contributed by atoms with Crippen LogP contribution in [0.4, 0.5) is 5.69 Å². The highest BCUT2D eigenvalue weighted by Crippen LogP contribution is 2.12. The predicted octanol–water partition coefficient (Wildman–Crippen LogP) is 0.715. The van der Waals surface area contributed by atoms with Gasteiger partial charge < -0.3 is 15.4 Å². The lowest BCUT2D eigenvalue weighted by Crippen LogP contribution is -2.30. The summed E-state index contributed by atoms with van der Waals surface area (Å²) in [5.74, 6) is -0.287. The predicted molar refractivity (Wildman–Crippen MR) is 70.0 cm³/mol. The van der Waals surface area contributed by atoms with Crippen molar-refractivity contribution in [1.82, 2.24) is 4.98 Å². The minimum absolute atomic E-state index is 0.196. The van der Waals surface area contributed by atoms with Crippen LogP contribution in [0.25, 0.3) is 0 Å². The van der Waals surface area contributed by atoms with Crippen LogP contribution >= 0.6 is 12.2 Å². The Kier molecular flexibility index (Phi) is 4.84. The Morgan fingerprint density at radius 2 is 2.29 bits per heavy atom. The number of likely N-dealkylation sites (N-methyl/N-ethyl adjacent to an activating group) is 1. The molecular weight excluding hydrogens is 238 g/mol. The Bertz CT molecular complexity index is 406. The number of carbonyl (C=O) groups is 1. The molecule has 0 saturated carbocycles. The van der Waals surface area contributed by atoms with Gasteiger partial charge in [-0.05, 0) is 19.1 Å². The van der Waals surface area contributed by atoms with Crippen molar-refractivity contribution in [2.24, 2.45) is 5.73 Å². The Morgan fingerprint density at radius 1 is 1.59 bits per heavy atom. The summed E-state index contributed by atoms with van der Waals surface area (Å²) < 4.78 is 4.62. The molecule has 0 amide bonds. The number of rotatable bonds is 5. The number of ether oxygens (including phenoxy) is 1. The fourth-order valence-corrected chi connectivity index (χ4v) is 1.45. The van der Waals surface area contributed by atoms with E-state index in [1.807, 2.05) is 17.9 Å². The fraction of sp³-hybridized carbons (Fsp3) is 0.364. The number of methoxy groups -OCH3 is 1. The maximum atomic E-state index is 11.2. The summed E-state index contributed by atoms with van der Waals surface area (Å²) in [6.45, 7) is 2.83. The molecule has 0 aromatic carbocycles. The Labute approximate surface area is 106 Å². The maximum absolute atomic E-state index is 11.2. The standard InChI is InChI=1S/C11H15N3O2S/c1-3-14(7-10(15)16-2)8-4-5-9(11(12)17)13-6-8/h4-6H,3,7H2,1-2H3,(H2,12,17). The van der Waals surface area contributed by atoms with Gasteiger partial charge in [-0.25, -0.2) is 0 Å². The van der Waals surface area contributed by atoms with Gasteiger partial charge >= 0.3 is 5.97 Å². The minimum Gasteiger partial charge on any atom is -0.468 e. The topological polar surface area (TPSA) is 68.5 Å². The van der Waals surface area contributed by atoms with Crippen molar-refractivity contribution in [3.8, 4) is 0 Å². The molecule has 0 aliphatic carbocycles. The van der Waals surface area contributed by atoms with Crippen molar-refractivity contribution in [2.75, 3.05) is 25.1 Å². The number of thiocarbonyl (C=S) groups is 1. The highest BCUT2D eigenvalue weighted by atomic mass is 32.1. The Hall–Kier alpha value is -1.69. The first-order valence-electron chi connectivity index (χ1n) is 5.16. The van der Waals surface area contributed by atoms with Crippen LogP contribution in [0.5, 0.6) is 0 Å². The van der Waals surface area contributed by atoms with E-state index in [1.54, 1.807) is 12.3 Å². The van der Waals surface area contributed by atoms with Gasteiger partial charge in [0.2, 0.25) is 0 Å². The summed E-state index contributed by atoms with van der Waals surface area (Å²) in [7, 11) is 1.37. The summed E-state index contributed by atoms with van der Waals surface area (Å²) in [6.07, 6.45) is 1.64. The third-order valence-electron chi connectivity index (χ3n) is 2.29. The van der Waals surface area contributed by atoms with Gasteiger partial charge in [0.05, 0.1) is 24.7 Å². The Balaban J connectivity index is 2.82. The summed E-state index contributed by atoms with van der Waals surface area (Å²) >= 11 is 4.82. The monoisotopic (exact) mass is 253 g/mol. The molecule has 0 radical (unpaired) electrons. The molecular formula is C11H15N3O2S. The zero-order chi connectivity index (χ0) is 12.8. The van der Waals surface area contributed by atoms with Crippen LogP contribution in [0.15, 0.2) is 18.3 Å². The van der Waals surface area contributed by atoms with Crippen LogP contribution in [0.1, 0.15) is 12.6 Å². The van der Waals surface area contributed by atoms with Crippen LogP contribution in [-0.2, 0) is 9.53 Å². The molecule has 1 aromatic rings. The van der Waals surface area contributed by atoms with Crippen LogP contribution in [0, 0.1) is 0 Å². The summed E-state index contributed by atoms with van der Waals surface area (Å²) in [4.78, 5) is 17.4. The number of hydrogen-bond acceptors (Lipinski definition) is 5. The second kappa shape index (κ2) is 6.15. The fourth-order valence-electron chi connectivity index (χ4n) is 1.32. The third-order valence-corrected chi connectivity index (χ3v) is 2.50. The summed E-state index contributed by atoms with van der Waals surface area (Å²) in [5.41, 5.74) is 6.85. The number of anilines is 1. The summed E-state index contributed by atoms with van der Waals surface area (Å²) in [5, 5.41) is 0. The Morgan fingerprint density at radius 3 is 2.71 bits per heavy atom. The van der Waals surface area contributed by atoms with E-state index in [0.717, 1.165) is 5.69 Å². The van der Waals surface area contributed by atoms with Crippen molar-refractivity contribution in [1.29, 1.82) is 0 Å². The highest BCUT2D eigenvalue weighted by Gasteiger charge is 2.10. The quantitative estimate of drug-likeness (QED) is 0.616. The highest BCUT2D eigenvalue weighted by molar-refractivity contribution is 7.80. The van der Waals surface area contributed by atoms with Crippen LogP contribution in [-0.4, -0.2) is 36.1 Å². The number of pyridine rings is 1. The van der Waals surface area contributed by atoms with E-state index in [4.69, 9.17) is 18.0 Å². The molecule has 2 N–H and O–H groups in total. The van der Waals surface area contributed by atoms with Gasteiger partial charge in [0.25, 0.3) is 0 Å². The first-order chi connectivity index (χ1) is 8.08. The van der Waals surface area contributed by atoms with Crippen molar-refractivity contribution in [3.63, 3.8) is 0 Å². The lowest BCUT2D eigenvalue weighted by atomic mass is 10.3. The first-order valence-corrected chi connectivity index (χ1v) is 5.57. The van der Waals surface area contributed by atoms with Crippen molar-refractivity contribution in [2.45, 2.75) is 6.92 Å². The second-order valence-electron chi connectivity index (χ2n) is 3.36. The molecule has 6 heteroatoms. The van der Waals surface area contributed by atoms with Crippen molar-refractivity contribution < 1.29 is 9.53 Å². The molecule has 1 aromatic heterocycles. The van der Waals surface area contributed by atoms with Gasteiger partial charge in [0.15, 0.2) is 0 Å². The maximum Gasteiger partial charge on any atom is 0.325 e. The number of nitrogens with two attached hydrogens (primary N) is 1. The lowest BCUT2D eigenvalue weighted by molar-refractivity contribution is -0.138. The van der Waals surface area contributed by atoms with E-state index in [1.165, 1.54) is 7.11 Å². The van der Waals surface area contributed by atoms with Gasteiger partial charge in [0, 0.05) is 6.54 Å². The van der Waals surface area contributed by atoms with Crippen LogP contribution < -0.4 is 10.6 Å². The SMILES string of the molecule is CCN(CC(=O)OC)c1ccc(C(N)=S)nc1. The molecule has 0 fully saturated rings. The minimum atomic E-state index is -0.287. The number of carbonyl (C=O) groups excluding carboxylic acids is 1. The van der Waals surface area contributed by atoms with E-state index in [2.05, 4.69) is 9.72 Å². The number of hydrogen-bond donors (Lipinski definition) is 1. The van der Waals surface area contributed by atoms with E-state index >= 15 is 0 Å². The smallest absolute Gasteiger partial charge is 0.325 e. The lowest BCUT2D eigenvalue weighted by Gasteiger charge is -2.21. The molecule has 0 atom stereocenters. The normalized spacial score (nSPS) is 9.76. The molecule has 5 nitrogen and oxygen atoms in total. The van der Waals surface area contributed by atoms with Crippen LogP contribution in [0.3, 0.4) is 0 Å². The molecule has 0 aliphatic heterocycles. The first kappa shape index (κ1) is 13.4. The van der Waals surface area contributed by atoms with Gasteiger partial charge in [-0.15, -0.1) is 0 Å². The molecule has 0 unspecified atom stereocenters. The molecule has 92 valence electrons. The molecule has 1 rings (SSSR count). The van der Waals surface area contributed by atoms with Crippen molar-refractivity contribution in [3.05, 3.63) is 24.0 Å². The van der Waals surface area contributed by atoms with Gasteiger partial charge in [0.1, 0.15) is 11.5 Å². The zero-order valence-electron chi connectivity index (χ0n) is 9.84. The average molecular weight is 253 g/mol.